The molecule has 1 fully saturated rings. The van der Waals surface area contributed by atoms with Crippen molar-refractivity contribution in [3.8, 4) is 10.6 Å². The molecule has 1 aliphatic heterocycles. The summed E-state index contributed by atoms with van der Waals surface area (Å²) in [5, 5.41) is 13.2. The Labute approximate surface area is 134 Å². The summed E-state index contributed by atoms with van der Waals surface area (Å²) in [5.41, 5.74) is 2.23. The average molecular weight is 323 g/mol. The van der Waals surface area contributed by atoms with Crippen molar-refractivity contribution in [1.29, 1.82) is 0 Å². The molecule has 1 aromatic heterocycles. The van der Waals surface area contributed by atoms with Gasteiger partial charge in [0.2, 0.25) is 0 Å². The molecule has 2 aromatic rings. The zero-order valence-electron chi connectivity index (χ0n) is 11.8. The molecular weight excluding hydrogens is 304 g/mol. The average Bonchev–Trinajstić information content (AvgIpc) is 2.96. The molecule has 21 heavy (non-hydrogen) atoms. The number of likely N-dealkylation sites (tertiary alicyclic amines) is 1. The van der Waals surface area contributed by atoms with Crippen molar-refractivity contribution in [2.45, 2.75) is 19.4 Å². The van der Waals surface area contributed by atoms with Crippen LogP contribution in [0.25, 0.3) is 10.6 Å². The lowest BCUT2D eigenvalue weighted by atomic mass is 9.99. The molecule has 3 nitrogen and oxygen atoms in total. The number of rotatable bonds is 4. The fourth-order valence-corrected chi connectivity index (χ4v) is 3.72. The van der Waals surface area contributed by atoms with Gasteiger partial charge >= 0.3 is 0 Å². The summed E-state index contributed by atoms with van der Waals surface area (Å²) in [5.74, 6) is 0.424. The fraction of sp³-hybridized carbons (Fsp3) is 0.438. The maximum Gasteiger partial charge on any atom is 0.123 e. The first-order valence-corrected chi connectivity index (χ1v) is 8.54. The lowest BCUT2D eigenvalue weighted by Crippen LogP contribution is -2.36. The van der Waals surface area contributed by atoms with E-state index in [1.165, 1.54) is 6.42 Å². The van der Waals surface area contributed by atoms with Gasteiger partial charge < -0.3 is 5.11 Å². The van der Waals surface area contributed by atoms with Crippen LogP contribution in [-0.4, -0.2) is 34.7 Å². The van der Waals surface area contributed by atoms with Crippen LogP contribution in [0.15, 0.2) is 29.6 Å². The predicted molar refractivity (Wildman–Crippen MR) is 87.6 cm³/mol. The molecular formula is C16H19ClN2OS. The zero-order valence-corrected chi connectivity index (χ0v) is 13.4. The molecule has 3 rings (SSSR count). The van der Waals surface area contributed by atoms with Crippen molar-refractivity contribution in [3.63, 3.8) is 0 Å². The third kappa shape index (κ3) is 3.83. The normalized spacial score (nSPS) is 19.8. The third-order valence-corrected chi connectivity index (χ3v) is 5.08. The van der Waals surface area contributed by atoms with Gasteiger partial charge in [-0.2, -0.15) is 0 Å². The minimum atomic E-state index is 0.295. The van der Waals surface area contributed by atoms with Gasteiger partial charge in [0.05, 0.1) is 5.69 Å². The number of hydrogen-bond acceptors (Lipinski definition) is 4. The first kappa shape index (κ1) is 15.0. The van der Waals surface area contributed by atoms with Gasteiger partial charge in [-0.05, 0) is 37.4 Å². The number of aromatic nitrogens is 1. The lowest BCUT2D eigenvalue weighted by molar-refractivity contribution is 0.115. The molecule has 1 aromatic carbocycles. The van der Waals surface area contributed by atoms with Crippen molar-refractivity contribution < 1.29 is 5.11 Å². The molecule has 0 spiro atoms. The molecule has 0 saturated carbocycles. The predicted octanol–water partition coefficient (Wildman–Crippen LogP) is 3.67. The van der Waals surface area contributed by atoms with Gasteiger partial charge in [0.1, 0.15) is 5.01 Å². The molecule has 0 aliphatic carbocycles. The monoisotopic (exact) mass is 322 g/mol. The fourth-order valence-electron chi connectivity index (χ4n) is 2.78. The van der Waals surface area contributed by atoms with Crippen molar-refractivity contribution in [2.75, 3.05) is 19.7 Å². The number of nitrogens with zero attached hydrogens (tertiary/aromatic N) is 2. The number of aliphatic hydroxyl groups is 1. The van der Waals surface area contributed by atoms with Crippen LogP contribution >= 0.6 is 22.9 Å². The molecule has 5 heteroatoms. The van der Waals surface area contributed by atoms with Crippen molar-refractivity contribution in [2.24, 2.45) is 5.92 Å². The number of hydrogen-bond donors (Lipinski definition) is 1. The summed E-state index contributed by atoms with van der Waals surface area (Å²) in [6.07, 6.45) is 2.31. The van der Waals surface area contributed by atoms with E-state index >= 15 is 0 Å². The van der Waals surface area contributed by atoms with E-state index in [0.717, 1.165) is 47.3 Å². The van der Waals surface area contributed by atoms with E-state index < -0.39 is 0 Å². The van der Waals surface area contributed by atoms with Crippen LogP contribution in [0.1, 0.15) is 18.5 Å². The van der Waals surface area contributed by atoms with E-state index in [1.54, 1.807) is 11.3 Å². The Morgan fingerprint density at radius 3 is 2.90 bits per heavy atom. The Morgan fingerprint density at radius 2 is 2.14 bits per heavy atom. The van der Waals surface area contributed by atoms with Crippen LogP contribution in [0, 0.1) is 5.92 Å². The van der Waals surface area contributed by atoms with Crippen LogP contribution < -0.4 is 0 Å². The molecule has 1 saturated heterocycles. The van der Waals surface area contributed by atoms with Crippen molar-refractivity contribution in [1.82, 2.24) is 9.88 Å². The Balaban J connectivity index is 1.66. The second-order valence-electron chi connectivity index (χ2n) is 5.58. The minimum Gasteiger partial charge on any atom is -0.396 e. The Morgan fingerprint density at radius 1 is 1.33 bits per heavy atom. The first-order chi connectivity index (χ1) is 10.2. The van der Waals surface area contributed by atoms with Crippen LogP contribution in [0.2, 0.25) is 5.02 Å². The van der Waals surface area contributed by atoms with E-state index in [1.807, 2.05) is 24.3 Å². The second-order valence-corrected chi connectivity index (χ2v) is 6.87. The minimum absolute atomic E-state index is 0.295. The third-order valence-electron chi connectivity index (χ3n) is 3.89. The number of thiazole rings is 1. The highest BCUT2D eigenvalue weighted by Crippen LogP contribution is 2.26. The van der Waals surface area contributed by atoms with Crippen molar-refractivity contribution in [3.05, 3.63) is 40.4 Å². The Kier molecular flexibility index (Phi) is 4.91. The van der Waals surface area contributed by atoms with E-state index in [9.17, 15) is 5.11 Å². The molecule has 112 valence electrons. The summed E-state index contributed by atoms with van der Waals surface area (Å²) in [4.78, 5) is 7.12. The highest BCUT2D eigenvalue weighted by Gasteiger charge is 2.20. The van der Waals surface area contributed by atoms with Gasteiger partial charge in [-0.25, -0.2) is 4.98 Å². The quantitative estimate of drug-likeness (QED) is 0.933. The molecule has 1 aliphatic rings. The lowest BCUT2D eigenvalue weighted by Gasteiger charge is -2.31. The van der Waals surface area contributed by atoms with Gasteiger partial charge in [-0.15, -0.1) is 11.3 Å². The zero-order chi connectivity index (χ0) is 14.7. The Bertz CT molecular complexity index is 584. The van der Waals surface area contributed by atoms with Crippen LogP contribution in [0.5, 0.6) is 0 Å². The van der Waals surface area contributed by atoms with Gasteiger partial charge in [-0.1, -0.05) is 23.7 Å². The maximum atomic E-state index is 9.30. The van der Waals surface area contributed by atoms with E-state index in [4.69, 9.17) is 16.6 Å². The highest BCUT2D eigenvalue weighted by molar-refractivity contribution is 7.13. The maximum absolute atomic E-state index is 9.30. The smallest absolute Gasteiger partial charge is 0.123 e. The summed E-state index contributed by atoms with van der Waals surface area (Å²) >= 11 is 7.59. The van der Waals surface area contributed by atoms with E-state index in [-0.39, 0.29) is 0 Å². The number of benzene rings is 1. The topological polar surface area (TPSA) is 36.4 Å². The van der Waals surface area contributed by atoms with Gasteiger partial charge in [-0.3, -0.25) is 4.90 Å². The summed E-state index contributed by atoms with van der Waals surface area (Å²) in [7, 11) is 0. The molecule has 0 bridgehead atoms. The standard InChI is InChI=1S/C16H19ClN2OS/c17-14-5-3-13(4-6-14)16-18-15(11-21-16)9-19-7-1-2-12(8-19)10-20/h3-6,11-12,20H,1-2,7-10H2. The SMILES string of the molecule is OCC1CCCN(Cc2csc(-c3ccc(Cl)cc3)n2)C1. The number of aliphatic hydroxyl groups excluding tert-OH is 1. The molecule has 2 heterocycles. The van der Waals surface area contributed by atoms with Gasteiger partial charge in [0.25, 0.3) is 0 Å². The van der Waals surface area contributed by atoms with E-state index in [0.29, 0.717) is 12.5 Å². The van der Waals surface area contributed by atoms with Gasteiger partial charge in [0.15, 0.2) is 0 Å². The number of piperidine rings is 1. The molecule has 1 unspecified atom stereocenters. The summed E-state index contributed by atoms with van der Waals surface area (Å²) < 4.78 is 0. The van der Waals surface area contributed by atoms with Crippen LogP contribution in [-0.2, 0) is 6.54 Å². The number of halogens is 1. The van der Waals surface area contributed by atoms with Crippen LogP contribution in [0.4, 0.5) is 0 Å². The molecule has 0 amide bonds. The van der Waals surface area contributed by atoms with E-state index in [2.05, 4.69) is 10.3 Å². The molecule has 1 N–H and O–H groups in total. The highest BCUT2D eigenvalue weighted by atomic mass is 35.5. The molecule has 0 radical (unpaired) electrons. The van der Waals surface area contributed by atoms with Crippen molar-refractivity contribution >= 4 is 22.9 Å². The largest absolute Gasteiger partial charge is 0.396 e. The second kappa shape index (κ2) is 6.88. The van der Waals surface area contributed by atoms with Gasteiger partial charge in [0, 0.05) is 35.7 Å². The van der Waals surface area contributed by atoms with Crippen LogP contribution in [0.3, 0.4) is 0 Å². The first-order valence-electron chi connectivity index (χ1n) is 7.28. The Hall–Kier alpha value is -0.940. The summed E-state index contributed by atoms with van der Waals surface area (Å²) in [6, 6.07) is 7.81. The summed E-state index contributed by atoms with van der Waals surface area (Å²) in [6.45, 7) is 3.25. The molecule has 1 atom stereocenters.